The lowest BCUT2D eigenvalue weighted by atomic mass is 9.94. The minimum absolute atomic E-state index is 0.0233. The number of benzene rings is 2. The third kappa shape index (κ3) is 6.75. The first-order valence-electron chi connectivity index (χ1n) is 11.9. The Kier molecular flexibility index (Phi) is 8.52. The average Bonchev–Trinajstić information content (AvgIpc) is 2.81. The number of anilines is 2. The largest absolute Gasteiger partial charge is 0.388 e. The molecule has 1 heterocycles. The fourth-order valence-electron chi connectivity index (χ4n) is 4.02. The van der Waals surface area contributed by atoms with Gasteiger partial charge in [-0.1, -0.05) is 32.9 Å². The van der Waals surface area contributed by atoms with Gasteiger partial charge < -0.3 is 15.2 Å². The minimum Gasteiger partial charge on any atom is -0.388 e. The normalized spacial score (nSPS) is 17.7. The molecule has 1 unspecified atom stereocenters. The summed E-state index contributed by atoms with van der Waals surface area (Å²) in [6, 6.07) is 11.8. The summed E-state index contributed by atoms with van der Waals surface area (Å²) >= 11 is 0. The second kappa shape index (κ2) is 10.9. The highest BCUT2D eigenvalue weighted by Crippen LogP contribution is 2.31. The number of aryl methyl sites for hydroxylation is 1. The number of nitrogens with one attached hydrogen (secondary N) is 2. The van der Waals surface area contributed by atoms with E-state index >= 15 is 0 Å². The fraction of sp³-hybridized carbons (Fsp3) is 0.520. The summed E-state index contributed by atoms with van der Waals surface area (Å²) in [6.07, 6.45) is 3.05. The molecule has 194 valence electrons. The number of sulfonamides is 1. The van der Waals surface area contributed by atoms with Crippen LogP contribution in [0.25, 0.3) is 0 Å². The van der Waals surface area contributed by atoms with E-state index < -0.39 is 25.4 Å². The molecule has 2 aromatic rings. The number of aliphatic hydroxyl groups is 1. The molecule has 8 nitrogen and oxygen atoms in total. The maximum atomic E-state index is 13.8. The molecule has 1 saturated heterocycles. The van der Waals surface area contributed by atoms with E-state index in [2.05, 4.69) is 5.32 Å². The molecular weight excluding hydrogens is 486 g/mol. The predicted molar refractivity (Wildman–Crippen MR) is 140 cm³/mol. The number of ether oxygens (including phenoxy) is 1. The van der Waals surface area contributed by atoms with Crippen molar-refractivity contribution in [1.82, 2.24) is 0 Å². The van der Waals surface area contributed by atoms with E-state index in [-0.39, 0.29) is 28.8 Å². The van der Waals surface area contributed by atoms with Crippen LogP contribution in [0, 0.1) is 10.7 Å². The molecule has 0 amide bonds. The molecule has 0 bridgehead atoms. The van der Waals surface area contributed by atoms with Gasteiger partial charge in [0.1, 0.15) is 0 Å². The Morgan fingerprint density at radius 3 is 2.29 bits per heavy atom. The van der Waals surface area contributed by atoms with Crippen LogP contribution in [0.3, 0.4) is 0 Å². The highest BCUT2D eigenvalue weighted by atomic mass is 32.2. The Balaban J connectivity index is 1.99. The molecule has 0 saturated carbocycles. The van der Waals surface area contributed by atoms with Gasteiger partial charge in [0.15, 0.2) is 0 Å². The van der Waals surface area contributed by atoms with Crippen molar-refractivity contribution < 1.29 is 22.5 Å². The molecule has 35 heavy (non-hydrogen) atoms. The highest BCUT2D eigenvalue weighted by Gasteiger charge is 2.31. The van der Waals surface area contributed by atoms with Gasteiger partial charge in [-0.2, -0.15) is 0 Å². The van der Waals surface area contributed by atoms with E-state index in [1.807, 2.05) is 32.9 Å². The zero-order valence-electron chi connectivity index (χ0n) is 20.9. The van der Waals surface area contributed by atoms with Crippen LogP contribution in [-0.2, 0) is 30.9 Å². The number of hydrogen-bond acceptors (Lipinski definition) is 7. The van der Waals surface area contributed by atoms with E-state index in [1.54, 1.807) is 12.1 Å². The molecule has 0 aromatic heterocycles. The van der Waals surface area contributed by atoms with Gasteiger partial charge in [0.25, 0.3) is 10.0 Å². The standard InChI is InChI=1S/C25H37N3O5S2/c1-5-20-6-8-21(9-7-20)28(17-19(2)3)35(31,32)22-10-11-23(24(16-22)34(4,26)30)27-18-25(29)12-14-33-15-13-25/h6-11,16,19,26-27,29H,5,12-15,17-18H2,1-4H3. The zero-order chi connectivity index (χ0) is 25.9. The third-order valence-corrected chi connectivity index (χ3v) is 9.12. The molecule has 1 aliphatic heterocycles. The van der Waals surface area contributed by atoms with Gasteiger partial charge in [-0.15, -0.1) is 0 Å². The van der Waals surface area contributed by atoms with Crippen LogP contribution in [0.4, 0.5) is 11.4 Å². The fourth-order valence-corrected chi connectivity index (χ4v) is 6.66. The molecule has 3 rings (SSSR count). The Morgan fingerprint density at radius 2 is 1.74 bits per heavy atom. The maximum absolute atomic E-state index is 13.8. The summed E-state index contributed by atoms with van der Waals surface area (Å²) in [5, 5.41) is 13.9. The first-order valence-corrected chi connectivity index (χ1v) is 15.3. The Bertz CT molecular complexity index is 1220. The van der Waals surface area contributed by atoms with Crippen LogP contribution in [0.15, 0.2) is 52.3 Å². The first kappa shape index (κ1) is 27.4. The lowest BCUT2D eigenvalue weighted by Crippen LogP contribution is -2.42. The van der Waals surface area contributed by atoms with Crippen LogP contribution in [-0.4, -0.2) is 55.9 Å². The highest BCUT2D eigenvalue weighted by molar-refractivity contribution is 7.93. The summed E-state index contributed by atoms with van der Waals surface area (Å²) in [6.45, 7) is 7.32. The molecule has 0 spiro atoms. The molecule has 0 radical (unpaired) electrons. The number of hydrogen-bond donors (Lipinski definition) is 3. The molecular formula is C25H37N3O5S2. The van der Waals surface area contributed by atoms with Crippen molar-refractivity contribution in [2.75, 3.05) is 42.2 Å². The van der Waals surface area contributed by atoms with Crippen molar-refractivity contribution in [2.45, 2.75) is 55.4 Å². The topological polar surface area (TPSA) is 120 Å². The Labute approximate surface area is 209 Å². The molecule has 1 fully saturated rings. The summed E-state index contributed by atoms with van der Waals surface area (Å²) in [7, 11) is -7.25. The summed E-state index contributed by atoms with van der Waals surface area (Å²) in [5.74, 6) is 0.0721. The molecule has 0 aliphatic carbocycles. The van der Waals surface area contributed by atoms with Crippen LogP contribution in [0.2, 0.25) is 0 Å². The van der Waals surface area contributed by atoms with Crippen molar-refractivity contribution in [3.63, 3.8) is 0 Å². The van der Waals surface area contributed by atoms with Gasteiger partial charge in [-0.3, -0.25) is 4.31 Å². The second-order valence-electron chi connectivity index (χ2n) is 9.64. The van der Waals surface area contributed by atoms with Crippen molar-refractivity contribution in [1.29, 1.82) is 4.78 Å². The van der Waals surface area contributed by atoms with E-state index in [0.29, 0.717) is 37.4 Å². The van der Waals surface area contributed by atoms with E-state index in [9.17, 15) is 17.7 Å². The Morgan fingerprint density at radius 1 is 1.11 bits per heavy atom. The smallest absolute Gasteiger partial charge is 0.264 e. The van der Waals surface area contributed by atoms with E-state index in [1.165, 1.54) is 28.8 Å². The van der Waals surface area contributed by atoms with Gasteiger partial charge in [-0.05, 0) is 48.2 Å². The van der Waals surface area contributed by atoms with Gasteiger partial charge in [0.05, 0.1) is 36.5 Å². The summed E-state index contributed by atoms with van der Waals surface area (Å²) in [5.41, 5.74) is 1.08. The third-order valence-electron chi connectivity index (χ3n) is 6.16. The monoisotopic (exact) mass is 523 g/mol. The average molecular weight is 524 g/mol. The number of rotatable bonds is 10. The molecule has 3 N–H and O–H groups in total. The van der Waals surface area contributed by atoms with Gasteiger partial charge in [-0.25, -0.2) is 17.4 Å². The van der Waals surface area contributed by atoms with Crippen molar-refractivity contribution in [2.24, 2.45) is 5.92 Å². The first-order chi connectivity index (χ1) is 16.4. The van der Waals surface area contributed by atoms with Crippen molar-refractivity contribution in [3.05, 3.63) is 48.0 Å². The summed E-state index contributed by atoms with van der Waals surface area (Å²) in [4.78, 5) is 0.0740. The molecule has 2 aromatic carbocycles. The second-order valence-corrected chi connectivity index (χ2v) is 13.6. The lowest BCUT2D eigenvalue weighted by Gasteiger charge is -2.32. The van der Waals surface area contributed by atoms with Gasteiger partial charge in [0.2, 0.25) is 0 Å². The maximum Gasteiger partial charge on any atom is 0.264 e. The lowest BCUT2D eigenvalue weighted by molar-refractivity contribution is -0.0543. The van der Waals surface area contributed by atoms with E-state index in [0.717, 1.165) is 12.0 Å². The zero-order valence-corrected chi connectivity index (χ0v) is 22.5. The molecule has 10 heteroatoms. The number of nitrogens with zero attached hydrogens (tertiary/aromatic N) is 1. The van der Waals surface area contributed by atoms with Crippen LogP contribution in [0.5, 0.6) is 0 Å². The van der Waals surface area contributed by atoms with Crippen molar-refractivity contribution in [3.8, 4) is 0 Å². The predicted octanol–water partition coefficient (Wildman–Crippen LogP) is 4.09. The quantitative estimate of drug-likeness (QED) is 0.432. The van der Waals surface area contributed by atoms with Gasteiger partial charge in [0, 0.05) is 45.4 Å². The molecule has 1 aliphatic rings. The Hall–Kier alpha value is -2.14. The van der Waals surface area contributed by atoms with Gasteiger partial charge >= 0.3 is 0 Å². The SMILES string of the molecule is CCc1ccc(N(CC(C)C)S(=O)(=O)c2ccc(NCC3(O)CCOCC3)c(S(C)(=N)=O)c2)cc1. The van der Waals surface area contributed by atoms with Crippen LogP contribution >= 0.6 is 0 Å². The van der Waals surface area contributed by atoms with Crippen LogP contribution < -0.4 is 9.62 Å². The van der Waals surface area contributed by atoms with Crippen LogP contribution in [0.1, 0.15) is 39.2 Å². The summed E-state index contributed by atoms with van der Waals surface area (Å²) < 4.78 is 55.3. The molecule has 1 atom stereocenters. The van der Waals surface area contributed by atoms with Crippen molar-refractivity contribution >= 4 is 31.1 Å². The minimum atomic E-state index is -3.99. The van der Waals surface area contributed by atoms with E-state index in [4.69, 9.17) is 9.52 Å².